The van der Waals surface area contributed by atoms with E-state index in [0.717, 1.165) is 43.6 Å². The topological polar surface area (TPSA) is 64.3 Å². The van der Waals surface area contributed by atoms with Crippen LogP contribution in [0.15, 0.2) is 12.4 Å². The van der Waals surface area contributed by atoms with Crippen LogP contribution in [0, 0.1) is 5.92 Å². The number of nitrogens with zero attached hydrogens (tertiary/aromatic N) is 3. The van der Waals surface area contributed by atoms with Gasteiger partial charge in [-0.05, 0) is 44.4 Å². The van der Waals surface area contributed by atoms with E-state index in [0.29, 0.717) is 6.04 Å². The predicted octanol–water partition coefficient (Wildman–Crippen LogP) is 2.92. The van der Waals surface area contributed by atoms with E-state index in [1.54, 1.807) is 12.4 Å². The summed E-state index contributed by atoms with van der Waals surface area (Å²) >= 11 is 0. The lowest BCUT2D eigenvalue weighted by Crippen LogP contribution is -2.50. The predicted molar refractivity (Wildman–Crippen MR) is 91.4 cm³/mol. The van der Waals surface area contributed by atoms with E-state index in [-0.39, 0.29) is 6.03 Å². The molecule has 1 aliphatic carbocycles. The lowest BCUT2D eigenvalue weighted by atomic mass is 9.85. The molecule has 23 heavy (non-hydrogen) atoms. The number of urea groups is 1. The van der Waals surface area contributed by atoms with Gasteiger partial charge >= 0.3 is 6.03 Å². The third-order valence-electron chi connectivity index (χ3n) is 5.62. The lowest BCUT2D eigenvalue weighted by Gasteiger charge is -2.42. The molecule has 2 amide bonds. The zero-order chi connectivity index (χ0) is 16.2. The molecule has 0 radical (unpaired) electrons. The second kappa shape index (κ2) is 7.34. The highest BCUT2D eigenvalue weighted by Crippen LogP contribution is 2.29. The summed E-state index contributed by atoms with van der Waals surface area (Å²) in [6.07, 6.45) is 10.9. The summed E-state index contributed by atoms with van der Waals surface area (Å²) in [5.41, 5.74) is 0.718. The fourth-order valence-electron chi connectivity index (χ4n) is 3.94. The molecule has 2 fully saturated rings. The number of anilines is 1. The number of aromatic amines is 1. The second-order valence-electron chi connectivity index (χ2n) is 7.21. The summed E-state index contributed by atoms with van der Waals surface area (Å²) in [4.78, 5) is 16.8. The van der Waals surface area contributed by atoms with Crippen LogP contribution in [0.5, 0.6) is 0 Å². The molecule has 0 unspecified atom stereocenters. The van der Waals surface area contributed by atoms with E-state index < -0.39 is 0 Å². The van der Waals surface area contributed by atoms with E-state index in [1.165, 1.54) is 25.7 Å². The maximum Gasteiger partial charge on any atom is 0.321 e. The van der Waals surface area contributed by atoms with Gasteiger partial charge in [-0.3, -0.25) is 5.10 Å². The molecule has 2 heterocycles. The van der Waals surface area contributed by atoms with Crippen LogP contribution in [0.1, 0.15) is 45.4 Å². The van der Waals surface area contributed by atoms with Crippen molar-refractivity contribution in [2.75, 3.05) is 25.5 Å². The van der Waals surface area contributed by atoms with E-state index >= 15 is 0 Å². The number of hydrogen-bond donors (Lipinski definition) is 2. The number of amides is 2. The highest BCUT2D eigenvalue weighted by molar-refractivity contribution is 5.89. The fraction of sp³-hybridized carbons (Fsp3) is 0.765. The molecule has 1 aliphatic heterocycles. The molecule has 0 bridgehead atoms. The average Bonchev–Trinajstić information content (AvgIpc) is 3.08. The SMILES string of the molecule is CC1CCC(N2CCC(N(C)C(=O)Nc3cn[nH]c3)CC2)CC1. The van der Waals surface area contributed by atoms with Crippen molar-refractivity contribution in [3.8, 4) is 0 Å². The second-order valence-corrected chi connectivity index (χ2v) is 7.21. The van der Waals surface area contributed by atoms with Crippen LogP contribution in [0.3, 0.4) is 0 Å². The van der Waals surface area contributed by atoms with E-state index in [9.17, 15) is 4.79 Å². The van der Waals surface area contributed by atoms with Crippen LogP contribution in [-0.2, 0) is 0 Å². The first-order valence-electron chi connectivity index (χ1n) is 8.90. The molecular formula is C17H29N5O. The monoisotopic (exact) mass is 319 g/mol. The minimum absolute atomic E-state index is 0.0451. The number of likely N-dealkylation sites (tertiary alicyclic amines) is 1. The van der Waals surface area contributed by atoms with Crippen molar-refractivity contribution in [2.24, 2.45) is 5.92 Å². The first-order chi connectivity index (χ1) is 11.1. The summed E-state index contributed by atoms with van der Waals surface area (Å²) in [6, 6.07) is 1.06. The van der Waals surface area contributed by atoms with E-state index in [4.69, 9.17) is 0 Å². The van der Waals surface area contributed by atoms with Gasteiger partial charge in [-0.2, -0.15) is 5.10 Å². The highest BCUT2D eigenvalue weighted by atomic mass is 16.2. The third kappa shape index (κ3) is 4.05. The molecule has 0 atom stereocenters. The fourth-order valence-corrected chi connectivity index (χ4v) is 3.94. The number of hydrogen-bond acceptors (Lipinski definition) is 3. The van der Waals surface area contributed by atoms with Crippen LogP contribution < -0.4 is 5.32 Å². The van der Waals surface area contributed by atoms with E-state index in [2.05, 4.69) is 27.3 Å². The minimum atomic E-state index is -0.0451. The Bertz CT molecular complexity index is 487. The Morgan fingerprint density at radius 1 is 1.26 bits per heavy atom. The molecule has 2 N–H and O–H groups in total. The van der Waals surface area contributed by atoms with Crippen molar-refractivity contribution in [3.63, 3.8) is 0 Å². The van der Waals surface area contributed by atoms with Gasteiger partial charge < -0.3 is 15.1 Å². The van der Waals surface area contributed by atoms with Gasteiger partial charge in [0.05, 0.1) is 11.9 Å². The molecule has 2 aliphatic rings. The van der Waals surface area contributed by atoms with Crippen LogP contribution in [0.2, 0.25) is 0 Å². The number of carbonyl (C=O) groups excluding carboxylic acids is 1. The van der Waals surface area contributed by atoms with E-state index in [1.807, 2.05) is 11.9 Å². The summed E-state index contributed by atoms with van der Waals surface area (Å²) in [5.74, 6) is 0.904. The van der Waals surface area contributed by atoms with Gasteiger partial charge in [0.1, 0.15) is 0 Å². The van der Waals surface area contributed by atoms with Gasteiger partial charge in [0, 0.05) is 38.4 Å². The smallest absolute Gasteiger partial charge is 0.321 e. The summed E-state index contributed by atoms with van der Waals surface area (Å²) in [5, 5.41) is 9.44. The maximum atomic E-state index is 12.3. The van der Waals surface area contributed by atoms with Crippen molar-refractivity contribution in [3.05, 3.63) is 12.4 Å². The molecule has 128 valence electrons. The van der Waals surface area contributed by atoms with Gasteiger partial charge in [-0.1, -0.05) is 6.92 Å². The molecule has 3 rings (SSSR count). The highest BCUT2D eigenvalue weighted by Gasteiger charge is 2.30. The molecular weight excluding hydrogens is 290 g/mol. The Morgan fingerprint density at radius 2 is 1.96 bits per heavy atom. The zero-order valence-corrected chi connectivity index (χ0v) is 14.3. The normalized spacial score (nSPS) is 26.9. The first kappa shape index (κ1) is 16.3. The largest absolute Gasteiger partial charge is 0.325 e. The molecule has 1 saturated carbocycles. The Morgan fingerprint density at radius 3 is 2.57 bits per heavy atom. The van der Waals surface area contributed by atoms with Crippen LogP contribution >= 0.6 is 0 Å². The van der Waals surface area contributed by atoms with Crippen LogP contribution in [-0.4, -0.2) is 58.2 Å². The maximum absolute atomic E-state index is 12.3. The van der Waals surface area contributed by atoms with Crippen molar-refractivity contribution in [2.45, 2.75) is 57.5 Å². The van der Waals surface area contributed by atoms with Gasteiger partial charge in [0.25, 0.3) is 0 Å². The van der Waals surface area contributed by atoms with Crippen molar-refractivity contribution >= 4 is 11.7 Å². The van der Waals surface area contributed by atoms with Gasteiger partial charge in [0.2, 0.25) is 0 Å². The summed E-state index contributed by atoms with van der Waals surface area (Å²) in [7, 11) is 1.90. The van der Waals surface area contributed by atoms with Gasteiger partial charge in [-0.15, -0.1) is 0 Å². The number of aromatic nitrogens is 2. The Labute approximate surface area is 138 Å². The van der Waals surface area contributed by atoms with Gasteiger partial charge in [0.15, 0.2) is 0 Å². The zero-order valence-electron chi connectivity index (χ0n) is 14.3. The molecule has 6 nitrogen and oxygen atoms in total. The number of rotatable bonds is 3. The number of nitrogens with one attached hydrogen (secondary N) is 2. The molecule has 6 heteroatoms. The summed E-state index contributed by atoms with van der Waals surface area (Å²) in [6.45, 7) is 4.61. The Kier molecular flexibility index (Phi) is 5.20. The third-order valence-corrected chi connectivity index (χ3v) is 5.62. The molecule has 0 aromatic carbocycles. The standard InChI is InChI=1S/C17H29N5O/c1-13-3-5-16(6-4-13)22-9-7-15(8-10-22)21(2)17(23)20-14-11-18-19-12-14/h11-13,15-16H,3-10H2,1-2H3,(H,18,19)(H,20,23). The average molecular weight is 319 g/mol. The van der Waals surface area contributed by atoms with Crippen LogP contribution in [0.4, 0.5) is 10.5 Å². The molecule has 1 aromatic heterocycles. The van der Waals surface area contributed by atoms with Gasteiger partial charge in [-0.25, -0.2) is 4.79 Å². The molecule has 1 saturated heterocycles. The van der Waals surface area contributed by atoms with Crippen molar-refractivity contribution in [1.82, 2.24) is 20.0 Å². The first-order valence-corrected chi connectivity index (χ1v) is 8.90. The number of H-pyrrole nitrogens is 1. The number of piperidine rings is 1. The van der Waals surface area contributed by atoms with Crippen LogP contribution in [0.25, 0.3) is 0 Å². The molecule has 0 spiro atoms. The molecule has 1 aromatic rings. The van der Waals surface area contributed by atoms with Crippen molar-refractivity contribution in [1.29, 1.82) is 0 Å². The minimum Gasteiger partial charge on any atom is -0.325 e. The Balaban J connectivity index is 1.45. The van der Waals surface area contributed by atoms with Crippen molar-refractivity contribution < 1.29 is 4.79 Å². The lowest BCUT2D eigenvalue weighted by molar-refractivity contribution is 0.0844. The number of carbonyl (C=O) groups is 1. The summed E-state index contributed by atoms with van der Waals surface area (Å²) < 4.78 is 0. The quantitative estimate of drug-likeness (QED) is 0.900. The Hall–Kier alpha value is -1.56.